The molecule has 1 N–H and O–H groups in total. The van der Waals surface area contributed by atoms with Crippen molar-refractivity contribution in [3.8, 4) is 5.75 Å². The summed E-state index contributed by atoms with van der Waals surface area (Å²) in [6, 6.07) is 23.2. The fourth-order valence-corrected chi connectivity index (χ4v) is 2.74. The summed E-state index contributed by atoms with van der Waals surface area (Å²) in [5.41, 5.74) is 4.21. The van der Waals surface area contributed by atoms with E-state index in [1.807, 2.05) is 48.5 Å². The minimum Gasteiger partial charge on any atom is -0.489 e. The van der Waals surface area contributed by atoms with Gasteiger partial charge in [-0.1, -0.05) is 53.6 Å². The highest BCUT2D eigenvalue weighted by Crippen LogP contribution is 2.18. The molecule has 0 bridgehead atoms. The average molecular weight is 380 g/mol. The van der Waals surface area contributed by atoms with E-state index in [-0.39, 0.29) is 5.91 Å². The Hall–Kier alpha value is -2.78. The van der Waals surface area contributed by atoms with Gasteiger partial charge in [-0.15, -0.1) is 0 Å². The predicted octanol–water partition coefficient (Wildman–Crippen LogP) is 5.80. The van der Waals surface area contributed by atoms with E-state index in [2.05, 4.69) is 36.5 Å². The lowest BCUT2D eigenvalue weighted by Gasteiger charge is -2.09. The Labute approximate surface area is 164 Å². The Kier molecular flexibility index (Phi) is 6.50. The average Bonchev–Trinajstić information content (AvgIpc) is 2.68. The summed E-state index contributed by atoms with van der Waals surface area (Å²) in [6.45, 7) is 2.53. The number of hydrogen-bond acceptors (Lipinski definition) is 2. The maximum atomic E-state index is 12.1. The summed E-state index contributed by atoms with van der Waals surface area (Å²) in [7, 11) is 0. The number of carbonyl (C=O) groups excluding carboxylic acids is 1. The topological polar surface area (TPSA) is 38.3 Å². The van der Waals surface area contributed by atoms with Crippen molar-refractivity contribution in [2.75, 3.05) is 5.32 Å². The smallest absolute Gasteiger partial charge is 0.224 e. The largest absolute Gasteiger partial charge is 0.489 e. The first kappa shape index (κ1) is 19.0. The number of amides is 1. The number of halogens is 1. The van der Waals surface area contributed by atoms with Gasteiger partial charge in [0, 0.05) is 17.1 Å². The molecule has 0 aliphatic carbocycles. The number of aryl methyl sites for hydroxylation is 2. The summed E-state index contributed by atoms with van der Waals surface area (Å²) >= 11 is 5.88. The standard InChI is InChI=1S/C23H22ClNO2/c1-17-2-4-18(5-3-17)8-15-23(26)25-21-11-13-22(14-12-21)27-16-19-6-9-20(24)10-7-19/h2-7,9-14H,8,15-16H2,1H3,(H,25,26). The van der Waals surface area contributed by atoms with Crippen molar-refractivity contribution in [2.45, 2.75) is 26.4 Å². The molecule has 0 atom stereocenters. The molecule has 27 heavy (non-hydrogen) atoms. The monoisotopic (exact) mass is 379 g/mol. The predicted molar refractivity (Wildman–Crippen MR) is 110 cm³/mol. The Bertz CT molecular complexity index is 872. The number of nitrogens with one attached hydrogen (secondary N) is 1. The summed E-state index contributed by atoms with van der Waals surface area (Å²) < 4.78 is 5.75. The highest BCUT2D eigenvalue weighted by atomic mass is 35.5. The molecule has 0 unspecified atom stereocenters. The third-order valence-corrected chi connectivity index (χ3v) is 4.47. The van der Waals surface area contributed by atoms with Gasteiger partial charge in [0.15, 0.2) is 0 Å². The summed E-state index contributed by atoms with van der Waals surface area (Å²) in [6.07, 6.45) is 1.19. The zero-order valence-corrected chi connectivity index (χ0v) is 16.0. The summed E-state index contributed by atoms with van der Waals surface area (Å²) in [5, 5.41) is 3.63. The second kappa shape index (κ2) is 9.24. The Morgan fingerprint density at radius 1 is 0.889 bits per heavy atom. The van der Waals surface area contributed by atoms with E-state index in [9.17, 15) is 4.79 Å². The third kappa shape index (κ3) is 6.15. The van der Waals surface area contributed by atoms with Gasteiger partial charge >= 0.3 is 0 Å². The molecule has 0 heterocycles. The van der Waals surface area contributed by atoms with Gasteiger partial charge in [-0.25, -0.2) is 0 Å². The van der Waals surface area contributed by atoms with Gasteiger partial charge in [-0.3, -0.25) is 4.79 Å². The molecule has 3 aromatic rings. The SMILES string of the molecule is Cc1ccc(CCC(=O)Nc2ccc(OCc3ccc(Cl)cc3)cc2)cc1. The van der Waals surface area contributed by atoms with E-state index >= 15 is 0 Å². The molecule has 3 rings (SSSR count). The van der Waals surface area contributed by atoms with Gasteiger partial charge in [-0.2, -0.15) is 0 Å². The number of benzene rings is 3. The molecule has 138 valence electrons. The number of hydrogen-bond donors (Lipinski definition) is 1. The molecule has 0 saturated carbocycles. The first-order valence-corrected chi connectivity index (χ1v) is 9.29. The molecule has 0 aliphatic rings. The van der Waals surface area contributed by atoms with E-state index in [4.69, 9.17) is 16.3 Å². The lowest BCUT2D eigenvalue weighted by Crippen LogP contribution is -2.12. The Balaban J connectivity index is 1.45. The Morgan fingerprint density at radius 2 is 1.52 bits per heavy atom. The van der Waals surface area contributed by atoms with E-state index in [0.717, 1.165) is 23.4 Å². The van der Waals surface area contributed by atoms with E-state index < -0.39 is 0 Å². The summed E-state index contributed by atoms with van der Waals surface area (Å²) in [4.78, 5) is 12.1. The molecular formula is C23H22ClNO2. The molecule has 0 radical (unpaired) electrons. The van der Waals surface area contributed by atoms with Crippen LogP contribution in [0.3, 0.4) is 0 Å². The van der Waals surface area contributed by atoms with Crippen LogP contribution in [0.5, 0.6) is 5.75 Å². The molecule has 0 aromatic heterocycles. The molecule has 3 nitrogen and oxygen atoms in total. The van der Waals surface area contributed by atoms with Crippen molar-refractivity contribution in [3.63, 3.8) is 0 Å². The van der Waals surface area contributed by atoms with Gasteiger partial charge in [-0.05, 0) is 60.9 Å². The minimum absolute atomic E-state index is 0.00501. The van der Waals surface area contributed by atoms with Crippen LogP contribution in [0.1, 0.15) is 23.1 Å². The molecule has 0 spiro atoms. The van der Waals surface area contributed by atoms with E-state index in [1.165, 1.54) is 11.1 Å². The number of ether oxygens (including phenoxy) is 1. The second-order valence-electron chi connectivity index (χ2n) is 6.47. The van der Waals surface area contributed by atoms with Crippen molar-refractivity contribution in [3.05, 3.63) is 94.5 Å². The number of carbonyl (C=O) groups is 1. The van der Waals surface area contributed by atoms with Gasteiger partial charge < -0.3 is 10.1 Å². The molecule has 3 aromatic carbocycles. The molecular weight excluding hydrogens is 358 g/mol. The molecule has 0 fully saturated rings. The lowest BCUT2D eigenvalue weighted by atomic mass is 10.1. The van der Waals surface area contributed by atoms with Crippen LogP contribution in [0, 0.1) is 6.92 Å². The highest BCUT2D eigenvalue weighted by Gasteiger charge is 2.04. The first-order chi connectivity index (χ1) is 13.1. The molecule has 0 saturated heterocycles. The number of anilines is 1. The van der Waals surface area contributed by atoms with Gasteiger partial charge in [0.1, 0.15) is 12.4 Å². The van der Waals surface area contributed by atoms with E-state index in [0.29, 0.717) is 18.1 Å². The van der Waals surface area contributed by atoms with Crippen molar-refractivity contribution >= 4 is 23.2 Å². The summed E-state index contributed by atoms with van der Waals surface area (Å²) in [5.74, 6) is 0.757. The van der Waals surface area contributed by atoms with Crippen LogP contribution in [-0.2, 0) is 17.8 Å². The maximum Gasteiger partial charge on any atom is 0.224 e. The molecule has 4 heteroatoms. The maximum absolute atomic E-state index is 12.1. The fourth-order valence-electron chi connectivity index (χ4n) is 2.62. The minimum atomic E-state index is 0.00501. The van der Waals surface area contributed by atoms with Gasteiger partial charge in [0.25, 0.3) is 0 Å². The van der Waals surface area contributed by atoms with Crippen molar-refractivity contribution in [2.24, 2.45) is 0 Å². The quantitative estimate of drug-likeness (QED) is 0.563. The van der Waals surface area contributed by atoms with Crippen LogP contribution in [0.15, 0.2) is 72.8 Å². The zero-order valence-electron chi connectivity index (χ0n) is 15.2. The molecule has 0 aliphatic heterocycles. The van der Waals surface area contributed by atoms with Crippen LogP contribution in [0.2, 0.25) is 5.02 Å². The second-order valence-corrected chi connectivity index (χ2v) is 6.91. The van der Waals surface area contributed by atoms with E-state index in [1.54, 1.807) is 0 Å². The number of rotatable bonds is 7. The third-order valence-electron chi connectivity index (χ3n) is 4.22. The van der Waals surface area contributed by atoms with Crippen LogP contribution in [-0.4, -0.2) is 5.91 Å². The van der Waals surface area contributed by atoms with Crippen molar-refractivity contribution in [1.29, 1.82) is 0 Å². The zero-order chi connectivity index (χ0) is 19.1. The highest BCUT2D eigenvalue weighted by molar-refractivity contribution is 6.30. The Morgan fingerprint density at radius 3 is 2.19 bits per heavy atom. The van der Waals surface area contributed by atoms with Crippen LogP contribution < -0.4 is 10.1 Å². The van der Waals surface area contributed by atoms with Crippen LogP contribution in [0.25, 0.3) is 0 Å². The molecule has 1 amide bonds. The van der Waals surface area contributed by atoms with Crippen LogP contribution in [0.4, 0.5) is 5.69 Å². The van der Waals surface area contributed by atoms with Crippen molar-refractivity contribution in [1.82, 2.24) is 0 Å². The van der Waals surface area contributed by atoms with Crippen LogP contribution >= 0.6 is 11.6 Å². The normalized spacial score (nSPS) is 10.4. The van der Waals surface area contributed by atoms with Gasteiger partial charge in [0.2, 0.25) is 5.91 Å². The van der Waals surface area contributed by atoms with Crippen molar-refractivity contribution < 1.29 is 9.53 Å². The fraction of sp³-hybridized carbons (Fsp3) is 0.174. The lowest BCUT2D eigenvalue weighted by molar-refractivity contribution is -0.116. The van der Waals surface area contributed by atoms with Gasteiger partial charge in [0.05, 0.1) is 0 Å². The first-order valence-electron chi connectivity index (χ1n) is 8.91.